The minimum absolute atomic E-state index is 0.0518. The van der Waals surface area contributed by atoms with Gasteiger partial charge in [0.2, 0.25) is 5.78 Å². The van der Waals surface area contributed by atoms with E-state index in [0.717, 1.165) is 16.7 Å². The maximum atomic E-state index is 13.0. The molecule has 30 heavy (non-hydrogen) atoms. The minimum Gasteiger partial charge on any atom is -0.477 e. The third kappa shape index (κ3) is 3.41. The summed E-state index contributed by atoms with van der Waals surface area (Å²) in [7, 11) is -2.98. The van der Waals surface area contributed by atoms with E-state index in [1.807, 2.05) is 30.0 Å². The summed E-state index contributed by atoms with van der Waals surface area (Å²) in [5.74, 6) is 1.70. The van der Waals surface area contributed by atoms with Gasteiger partial charge in [0.05, 0.1) is 17.1 Å². The van der Waals surface area contributed by atoms with E-state index in [9.17, 15) is 13.2 Å². The van der Waals surface area contributed by atoms with Crippen molar-refractivity contribution in [3.8, 4) is 11.5 Å². The number of rotatable bonds is 2. The minimum atomic E-state index is -2.98. The Morgan fingerprint density at radius 1 is 1.20 bits per heavy atom. The second-order valence-corrected chi connectivity index (χ2v) is 10.6. The van der Waals surface area contributed by atoms with Crippen molar-refractivity contribution in [2.75, 3.05) is 18.2 Å². The number of hydrogen-bond acceptors (Lipinski definition) is 6. The van der Waals surface area contributed by atoms with Gasteiger partial charge in [-0.25, -0.2) is 8.42 Å². The number of benzene rings is 2. The monoisotopic (exact) mass is 445 g/mol. The SMILES string of the molecule is Cc1c2c(cc3c1O/C(=C\c1ccc(Cl)cc1)C3=O)CN(C1CCS(=O)(=O)C1)CO2. The van der Waals surface area contributed by atoms with E-state index in [-0.39, 0.29) is 29.1 Å². The molecule has 1 atom stereocenters. The molecule has 0 aromatic heterocycles. The first-order chi connectivity index (χ1) is 14.3. The number of carbonyl (C=O) groups excluding carboxylic acids is 1. The topological polar surface area (TPSA) is 72.9 Å². The molecule has 0 N–H and O–H groups in total. The van der Waals surface area contributed by atoms with E-state index in [2.05, 4.69) is 0 Å². The van der Waals surface area contributed by atoms with Crippen LogP contribution in [0, 0.1) is 6.92 Å². The van der Waals surface area contributed by atoms with E-state index >= 15 is 0 Å². The Hall–Kier alpha value is -2.35. The van der Waals surface area contributed by atoms with E-state index in [1.165, 1.54) is 0 Å². The summed E-state index contributed by atoms with van der Waals surface area (Å²) in [6.45, 7) is 2.76. The summed E-state index contributed by atoms with van der Waals surface area (Å²) in [6.07, 6.45) is 2.31. The number of carbonyl (C=O) groups is 1. The van der Waals surface area contributed by atoms with Crippen LogP contribution in [-0.2, 0) is 16.4 Å². The van der Waals surface area contributed by atoms with Crippen LogP contribution < -0.4 is 9.47 Å². The molecule has 6 nitrogen and oxygen atoms in total. The maximum absolute atomic E-state index is 13.0. The molecule has 3 aliphatic rings. The first-order valence-electron chi connectivity index (χ1n) is 9.74. The summed E-state index contributed by atoms with van der Waals surface area (Å²) in [6, 6.07) is 8.93. The van der Waals surface area contributed by atoms with Crippen LogP contribution in [0.2, 0.25) is 5.02 Å². The van der Waals surface area contributed by atoms with Crippen LogP contribution in [0.4, 0.5) is 0 Å². The van der Waals surface area contributed by atoms with Crippen LogP contribution in [0.3, 0.4) is 0 Å². The maximum Gasteiger partial charge on any atom is 0.231 e. The van der Waals surface area contributed by atoms with Crippen molar-refractivity contribution in [1.82, 2.24) is 4.90 Å². The molecule has 3 heterocycles. The lowest BCUT2D eigenvalue weighted by Crippen LogP contribution is -2.41. The van der Waals surface area contributed by atoms with Crippen molar-refractivity contribution in [3.05, 3.63) is 63.4 Å². The summed E-state index contributed by atoms with van der Waals surface area (Å²) in [5.41, 5.74) is 3.00. The molecule has 1 saturated heterocycles. The Morgan fingerprint density at radius 3 is 2.67 bits per heavy atom. The molecule has 8 heteroatoms. The zero-order chi connectivity index (χ0) is 21.0. The second kappa shape index (κ2) is 7.11. The van der Waals surface area contributed by atoms with Gasteiger partial charge in [0.1, 0.15) is 18.2 Å². The van der Waals surface area contributed by atoms with Gasteiger partial charge in [0.25, 0.3) is 0 Å². The van der Waals surface area contributed by atoms with Crippen molar-refractivity contribution in [3.63, 3.8) is 0 Å². The molecule has 5 rings (SSSR count). The molecule has 0 aliphatic carbocycles. The summed E-state index contributed by atoms with van der Waals surface area (Å²) in [5, 5.41) is 0.624. The molecule has 0 bridgehead atoms. The average molecular weight is 446 g/mol. The molecule has 3 aliphatic heterocycles. The number of ether oxygens (including phenoxy) is 2. The standard InChI is InChI=1S/C22H20ClNO5S/c1-13-21-15(10-24(12-28-21)17-6-7-30(26,27)11-17)9-18-20(25)19(29-22(13)18)8-14-2-4-16(23)5-3-14/h2-5,8-9,17H,6-7,10-12H2,1H3/b19-8-. The number of allylic oxidation sites excluding steroid dienone is 1. The van der Waals surface area contributed by atoms with Gasteiger partial charge in [-0.2, -0.15) is 0 Å². The predicted octanol–water partition coefficient (Wildman–Crippen LogP) is 3.60. The van der Waals surface area contributed by atoms with Crippen LogP contribution in [0.1, 0.15) is 33.5 Å². The normalized spacial score (nSPS) is 23.7. The third-order valence-electron chi connectivity index (χ3n) is 5.86. The van der Waals surface area contributed by atoms with Crippen LogP contribution in [-0.4, -0.2) is 43.4 Å². The number of Topliss-reactive ketones (excluding diaryl/α,β-unsaturated/α-hetero) is 1. The van der Waals surface area contributed by atoms with Gasteiger partial charge in [-0.1, -0.05) is 23.7 Å². The number of halogens is 1. The molecule has 0 spiro atoms. The molecule has 2 aromatic carbocycles. The van der Waals surface area contributed by atoms with Gasteiger partial charge in [-0.05, 0) is 43.2 Å². The Bertz CT molecular complexity index is 1190. The van der Waals surface area contributed by atoms with Crippen molar-refractivity contribution in [2.45, 2.75) is 25.9 Å². The van der Waals surface area contributed by atoms with Crippen molar-refractivity contribution < 1.29 is 22.7 Å². The lowest BCUT2D eigenvalue weighted by molar-refractivity contribution is 0.0637. The quantitative estimate of drug-likeness (QED) is 0.657. The zero-order valence-corrected chi connectivity index (χ0v) is 17.9. The average Bonchev–Trinajstić information content (AvgIpc) is 3.23. The highest BCUT2D eigenvalue weighted by Crippen LogP contribution is 2.43. The first kappa shape index (κ1) is 19.6. The molecular formula is C22H20ClNO5S. The van der Waals surface area contributed by atoms with Gasteiger partial charge in [0.15, 0.2) is 15.6 Å². The zero-order valence-electron chi connectivity index (χ0n) is 16.4. The fourth-order valence-corrected chi connectivity index (χ4v) is 6.16. The molecular weight excluding hydrogens is 426 g/mol. The smallest absolute Gasteiger partial charge is 0.231 e. The number of hydrogen-bond donors (Lipinski definition) is 0. The highest BCUT2D eigenvalue weighted by Gasteiger charge is 2.37. The van der Waals surface area contributed by atoms with Crippen molar-refractivity contribution in [1.29, 1.82) is 0 Å². The lowest BCUT2D eigenvalue weighted by Gasteiger charge is -2.33. The van der Waals surface area contributed by atoms with Crippen LogP contribution in [0.5, 0.6) is 11.5 Å². The van der Waals surface area contributed by atoms with E-state index in [1.54, 1.807) is 18.2 Å². The number of ketones is 1. The van der Waals surface area contributed by atoms with Crippen molar-refractivity contribution in [2.24, 2.45) is 0 Å². The largest absolute Gasteiger partial charge is 0.477 e. The van der Waals surface area contributed by atoms with Gasteiger partial charge in [0, 0.05) is 28.7 Å². The predicted molar refractivity (Wildman–Crippen MR) is 114 cm³/mol. The fraction of sp³-hybridized carbons (Fsp3) is 0.318. The van der Waals surface area contributed by atoms with E-state index in [4.69, 9.17) is 21.1 Å². The van der Waals surface area contributed by atoms with Crippen LogP contribution >= 0.6 is 11.6 Å². The summed E-state index contributed by atoms with van der Waals surface area (Å²) in [4.78, 5) is 15.0. The Kier molecular flexibility index (Phi) is 4.65. The highest BCUT2D eigenvalue weighted by molar-refractivity contribution is 7.91. The molecule has 1 fully saturated rings. The van der Waals surface area contributed by atoms with Gasteiger partial charge >= 0.3 is 0 Å². The number of nitrogens with zero attached hydrogens (tertiary/aromatic N) is 1. The molecule has 156 valence electrons. The Morgan fingerprint density at radius 2 is 1.97 bits per heavy atom. The molecule has 0 saturated carbocycles. The van der Waals surface area contributed by atoms with Gasteiger partial charge in [-0.15, -0.1) is 0 Å². The van der Waals surface area contributed by atoms with Crippen LogP contribution in [0.15, 0.2) is 36.1 Å². The Balaban J connectivity index is 1.44. The van der Waals surface area contributed by atoms with E-state index < -0.39 is 9.84 Å². The first-order valence-corrected chi connectivity index (χ1v) is 11.9. The van der Waals surface area contributed by atoms with Gasteiger partial charge < -0.3 is 9.47 Å². The van der Waals surface area contributed by atoms with Crippen LogP contribution in [0.25, 0.3) is 6.08 Å². The summed E-state index contributed by atoms with van der Waals surface area (Å²) < 4.78 is 35.6. The highest BCUT2D eigenvalue weighted by atomic mass is 35.5. The second-order valence-electron chi connectivity index (χ2n) is 7.93. The summed E-state index contributed by atoms with van der Waals surface area (Å²) >= 11 is 5.93. The lowest BCUT2D eigenvalue weighted by atomic mass is 9.99. The molecule has 1 unspecified atom stereocenters. The van der Waals surface area contributed by atoms with E-state index in [0.29, 0.717) is 41.8 Å². The molecule has 0 radical (unpaired) electrons. The molecule has 0 amide bonds. The Labute approximate surface area is 180 Å². The van der Waals surface area contributed by atoms with Gasteiger partial charge in [-0.3, -0.25) is 9.69 Å². The third-order valence-corrected chi connectivity index (χ3v) is 7.86. The number of sulfone groups is 1. The fourth-order valence-electron chi connectivity index (χ4n) is 4.27. The molecule has 2 aromatic rings. The number of fused-ring (bicyclic) bond motifs is 2. The van der Waals surface area contributed by atoms with Crippen molar-refractivity contribution >= 4 is 33.3 Å².